The normalized spacial score (nSPS) is 31.0. The Morgan fingerprint density at radius 2 is 1.55 bits per heavy atom. The average Bonchev–Trinajstić information content (AvgIpc) is 2.35. The fourth-order valence-corrected chi connectivity index (χ4v) is 2.90. The van der Waals surface area contributed by atoms with E-state index in [1.807, 2.05) is 0 Å². The Hall–Kier alpha value is -1.04. The molecule has 0 heteroatoms. The van der Waals surface area contributed by atoms with E-state index in [1.54, 1.807) is 0 Å². The minimum absolute atomic E-state index is 0.607. The Labute approximate surface area is 126 Å². The maximum absolute atomic E-state index is 4.22. The smallest absolute Gasteiger partial charge is 0.0168 e. The van der Waals surface area contributed by atoms with Gasteiger partial charge in [-0.2, -0.15) is 0 Å². The van der Waals surface area contributed by atoms with Crippen molar-refractivity contribution in [3.8, 4) is 0 Å². The molecule has 20 heavy (non-hydrogen) atoms. The Morgan fingerprint density at radius 1 is 0.950 bits per heavy atom. The summed E-state index contributed by atoms with van der Waals surface area (Å²) in [5.41, 5.74) is 5.72. The molecule has 2 atom stereocenters. The summed E-state index contributed by atoms with van der Waals surface area (Å²) >= 11 is 0. The lowest BCUT2D eigenvalue weighted by Gasteiger charge is -2.24. The Morgan fingerprint density at radius 3 is 2.15 bits per heavy atom. The van der Waals surface area contributed by atoms with E-state index in [9.17, 15) is 0 Å². The third-order valence-electron chi connectivity index (χ3n) is 4.63. The highest BCUT2D eigenvalue weighted by atomic mass is 14.2. The minimum atomic E-state index is 0.607. The monoisotopic (exact) mass is 272 g/mol. The highest BCUT2D eigenvalue weighted by molar-refractivity contribution is 5.10. The van der Waals surface area contributed by atoms with Gasteiger partial charge in [-0.15, -0.1) is 0 Å². The maximum atomic E-state index is 4.22. The lowest BCUT2D eigenvalue weighted by atomic mass is 9.81. The van der Waals surface area contributed by atoms with Gasteiger partial charge in [0, 0.05) is 0 Å². The number of rotatable bonds is 2. The largest absolute Gasteiger partial charge is 0.0999 e. The number of hydrogen-bond acceptors (Lipinski definition) is 0. The summed E-state index contributed by atoms with van der Waals surface area (Å²) in [5, 5.41) is 0. The third kappa shape index (κ3) is 5.94. The highest BCUT2D eigenvalue weighted by Gasteiger charge is 2.17. The van der Waals surface area contributed by atoms with Crippen LogP contribution in [-0.4, -0.2) is 0 Å². The van der Waals surface area contributed by atoms with Crippen LogP contribution in [0.15, 0.2) is 47.6 Å². The van der Waals surface area contributed by atoms with Crippen LogP contribution < -0.4 is 0 Å². The van der Waals surface area contributed by atoms with E-state index < -0.39 is 0 Å². The van der Waals surface area contributed by atoms with Crippen molar-refractivity contribution in [1.29, 1.82) is 0 Å². The molecule has 0 amide bonds. The first-order chi connectivity index (χ1) is 9.40. The molecule has 0 spiro atoms. The Bertz CT molecular complexity index is 406. The van der Waals surface area contributed by atoms with Gasteiger partial charge in [0.15, 0.2) is 0 Å². The van der Waals surface area contributed by atoms with Crippen molar-refractivity contribution in [2.24, 2.45) is 11.8 Å². The molecule has 0 bridgehead atoms. The second-order valence-electron chi connectivity index (χ2n) is 6.74. The van der Waals surface area contributed by atoms with Crippen LogP contribution in [0.1, 0.15) is 66.2 Å². The predicted octanol–water partition coefficient (Wildman–Crippen LogP) is 6.62. The van der Waals surface area contributed by atoms with Gasteiger partial charge in [-0.3, -0.25) is 0 Å². The first-order valence-electron chi connectivity index (χ1n) is 8.02. The second kappa shape index (κ2) is 8.29. The number of hydrogen-bond donors (Lipinski definition) is 0. The van der Waals surface area contributed by atoms with Crippen molar-refractivity contribution in [2.75, 3.05) is 0 Å². The standard InChI is InChI=1S/C20H32/c1-15(2)19-12-10-17(5)8-7-9-18(6)11-13-20(14-19)16(3)4/h8,11,19-20H,1,3,7,9-10,12-14H2,2,4-6H3/b17-8+,18-11+/t19-,20+/m1/s1. The first kappa shape index (κ1) is 17.0. The molecule has 0 radical (unpaired) electrons. The average molecular weight is 272 g/mol. The summed E-state index contributed by atoms with van der Waals surface area (Å²) in [6, 6.07) is 0. The van der Waals surface area contributed by atoms with E-state index in [0.717, 1.165) is 6.42 Å². The molecule has 1 aliphatic rings. The molecule has 0 N–H and O–H groups in total. The molecule has 0 aliphatic heterocycles. The first-order valence-corrected chi connectivity index (χ1v) is 8.02. The van der Waals surface area contributed by atoms with Crippen molar-refractivity contribution >= 4 is 0 Å². The molecule has 0 aromatic carbocycles. The highest BCUT2D eigenvalue weighted by Crippen LogP contribution is 2.31. The van der Waals surface area contributed by atoms with Gasteiger partial charge in [-0.25, -0.2) is 0 Å². The van der Waals surface area contributed by atoms with Gasteiger partial charge in [-0.1, -0.05) is 47.6 Å². The molecule has 1 rings (SSSR count). The van der Waals surface area contributed by atoms with Crippen LogP contribution >= 0.6 is 0 Å². The van der Waals surface area contributed by atoms with Crippen molar-refractivity contribution in [3.63, 3.8) is 0 Å². The van der Waals surface area contributed by atoms with Gasteiger partial charge in [0.25, 0.3) is 0 Å². The second-order valence-corrected chi connectivity index (χ2v) is 6.74. The minimum Gasteiger partial charge on any atom is -0.0999 e. The molecule has 0 saturated carbocycles. The van der Waals surface area contributed by atoms with Crippen LogP contribution in [0, 0.1) is 11.8 Å². The van der Waals surface area contributed by atoms with Crippen molar-refractivity contribution in [2.45, 2.75) is 66.2 Å². The van der Waals surface area contributed by atoms with Crippen LogP contribution in [0.2, 0.25) is 0 Å². The fraction of sp³-hybridized carbons (Fsp3) is 0.600. The van der Waals surface area contributed by atoms with Gasteiger partial charge >= 0.3 is 0 Å². The molecular weight excluding hydrogens is 240 g/mol. The molecule has 112 valence electrons. The van der Waals surface area contributed by atoms with Gasteiger partial charge < -0.3 is 0 Å². The van der Waals surface area contributed by atoms with E-state index in [1.165, 1.54) is 54.4 Å². The van der Waals surface area contributed by atoms with Gasteiger partial charge in [0.2, 0.25) is 0 Å². The maximum Gasteiger partial charge on any atom is -0.0168 e. The van der Waals surface area contributed by atoms with E-state index in [2.05, 4.69) is 53.0 Å². The SMILES string of the molecule is C=C(C)[C@@H]1CC/C(C)=C/CC/C(C)=C/C[C@H](C(=C)C)C1. The number of allylic oxidation sites excluding steroid dienone is 6. The van der Waals surface area contributed by atoms with Crippen LogP contribution in [0.5, 0.6) is 0 Å². The van der Waals surface area contributed by atoms with E-state index in [0.29, 0.717) is 11.8 Å². The predicted molar refractivity (Wildman–Crippen MR) is 91.8 cm³/mol. The molecule has 0 aromatic rings. The summed E-state index contributed by atoms with van der Waals surface area (Å²) in [5.74, 6) is 1.24. The van der Waals surface area contributed by atoms with Gasteiger partial charge in [0.05, 0.1) is 0 Å². The lowest BCUT2D eigenvalue weighted by Crippen LogP contribution is -2.11. The molecule has 0 aromatic heterocycles. The summed E-state index contributed by atoms with van der Waals surface area (Å²) in [4.78, 5) is 0. The summed E-state index contributed by atoms with van der Waals surface area (Å²) in [7, 11) is 0. The fourth-order valence-electron chi connectivity index (χ4n) is 2.90. The van der Waals surface area contributed by atoms with E-state index in [4.69, 9.17) is 0 Å². The molecule has 0 nitrogen and oxygen atoms in total. The zero-order chi connectivity index (χ0) is 15.1. The van der Waals surface area contributed by atoms with Crippen LogP contribution in [-0.2, 0) is 0 Å². The summed E-state index contributed by atoms with van der Waals surface area (Å²) < 4.78 is 0. The quantitative estimate of drug-likeness (QED) is 0.496. The Kier molecular flexibility index (Phi) is 7.05. The van der Waals surface area contributed by atoms with Crippen LogP contribution in [0.3, 0.4) is 0 Å². The summed E-state index contributed by atoms with van der Waals surface area (Å²) in [6.07, 6.45) is 12.0. The topological polar surface area (TPSA) is 0 Å². The van der Waals surface area contributed by atoms with E-state index >= 15 is 0 Å². The Balaban J connectivity index is 2.90. The van der Waals surface area contributed by atoms with Crippen molar-refractivity contribution < 1.29 is 0 Å². The van der Waals surface area contributed by atoms with E-state index in [-0.39, 0.29) is 0 Å². The van der Waals surface area contributed by atoms with Crippen molar-refractivity contribution in [1.82, 2.24) is 0 Å². The summed E-state index contributed by atoms with van der Waals surface area (Å²) in [6.45, 7) is 17.3. The molecular formula is C20H32. The molecule has 0 heterocycles. The zero-order valence-electron chi connectivity index (χ0n) is 14.0. The van der Waals surface area contributed by atoms with Crippen LogP contribution in [0.25, 0.3) is 0 Å². The molecule has 1 aliphatic carbocycles. The molecule has 0 fully saturated rings. The van der Waals surface area contributed by atoms with Crippen molar-refractivity contribution in [3.05, 3.63) is 47.6 Å². The molecule has 0 unspecified atom stereocenters. The van der Waals surface area contributed by atoms with Gasteiger partial charge in [-0.05, 0) is 78.1 Å². The zero-order valence-corrected chi connectivity index (χ0v) is 14.0. The molecule has 0 saturated heterocycles. The lowest BCUT2D eigenvalue weighted by molar-refractivity contribution is 0.428. The van der Waals surface area contributed by atoms with Gasteiger partial charge in [0.1, 0.15) is 0 Å². The third-order valence-corrected chi connectivity index (χ3v) is 4.63. The van der Waals surface area contributed by atoms with Crippen LogP contribution in [0.4, 0.5) is 0 Å².